The van der Waals surface area contributed by atoms with Gasteiger partial charge in [-0.05, 0) is 24.3 Å². The van der Waals surface area contributed by atoms with E-state index < -0.39 is 0 Å². The highest BCUT2D eigenvalue weighted by Crippen LogP contribution is 2.42. The lowest BCUT2D eigenvalue weighted by Crippen LogP contribution is -2.43. The predicted molar refractivity (Wildman–Crippen MR) is 100 cm³/mol. The fourth-order valence-corrected chi connectivity index (χ4v) is 3.14. The Morgan fingerprint density at radius 3 is 2.35 bits per heavy atom. The third-order valence-corrected chi connectivity index (χ3v) is 4.35. The van der Waals surface area contributed by atoms with Gasteiger partial charge in [0.05, 0.1) is 26.9 Å². The van der Waals surface area contributed by atoms with Crippen molar-refractivity contribution in [3.8, 4) is 17.2 Å². The van der Waals surface area contributed by atoms with E-state index in [1.165, 1.54) is 0 Å². The first-order valence-corrected chi connectivity index (χ1v) is 8.22. The smallest absolute Gasteiger partial charge is 0.258 e. The summed E-state index contributed by atoms with van der Waals surface area (Å²) in [6, 6.07) is 11.1. The fourth-order valence-electron chi connectivity index (χ4n) is 3.14. The lowest BCUT2D eigenvalue weighted by atomic mass is 10.0. The van der Waals surface area contributed by atoms with E-state index in [1.807, 2.05) is 36.4 Å². The molecule has 26 heavy (non-hydrogen) atoms. The van der Waals surface area contributed by atoms with Gasteiger partial charge in [0.25, 0.3) is 5.91 Å². The molecule has 3 rings (SSSR count). The van der Waals surface area contributed by atoms with Crippen LogP contribution >= 0.6 is 0 Å². The van der Waals surface area contributed by atoms with Crippen LogP contribution in [-0.2, 0) is 0 Å². The zero-order valence-corrected chi connectivity index (χ0v) is 15.1. The fraction of sp³-hybridized carbons (Fsp3) is 0.250. The minimum absolute atomic E-state index is 0.0574. The maximum Gasteiger partial charge on any atom is 0.258 e. The summed E-state index contributed by atoms with van der Waals surface area (Å²) in [4.78, 5) is 14.7. The van der Waals surface area contributed by atoms with Gasteiger partial charge in [-0.2, -0.15) is 0 Å². The summed E-state index contributed by atoms with van der Waals surface area (Å²) in [5.74, 6) is 1.52. The largest absolute Gasteiger partial charge is 0.493 e. The summed E-state index contributed by atoms with van der Waals surface area (Å²) in [6.07, 6.45) is 1.32. The second-order valence-corrected chi connectivity index (χ2v) is 5.80. The van der Waals surface area contributed by atoms with Crippen LogP contribution in [0.3, 0.4) is 0 Å². The second-order valence-electron chi connectivity index (χ2n) is 5.80. The van der Waals surface area contributed by atoms with E-state index in [4.69, 9.17) is 14.2 Å². The Labute approximate surface area is 153 Å². The number of amides is 1. The number of methoxy groups -OCH3 is 3. The Morgan fingerprint density at radius 1 is 1.12 bits per heavy atom. The monoisotopic (exact) mass is 354 g/mol. The number of nitrogens with one attached hydrogen (secondary N) is 1. The van der Waals surface area contributed by atoms with Gasteiger partial charge < -0.3 is 24.4 Å². The van der Waals surface area contributed by atoms with Crippen LogP contribution in [0.4, 0.5) is 5.69 Å². The SMILES string of the molecule is C=CCN1C(=O)c2ccccc2N[C@H]1c1cc(OC)c(OC)c(OC)c1. The van der Waals surface area contributed by atoms with Crippen molar-refractivity contribution in [2.24, 2.45) is 0 Å². The molecule has 1 heterocycles. The number of carbonyl (C=O) groups excluding carboxylic acids is 1. The molecule has 6 nitrogen and oxygen atoms in total. The van der Waals surface area contributed by atoms with Crippen molar-refractivity contribution >= 4 is 11.6 Å². The number of hydrogen-bond donors (Lipinski definition) is 1. The van der Waals surface area contributed by atoms with Crippen molar-refractivity contribution in [1.29, 1.82) is 0 Å². The molecule has 2 aromatic carbocycles. The molecule has 1 N–H and O–H groups in total. The minimum atomic E-state index is -0.385. The third kappa shape index (κ3) is 2.94. The molecule has 1 amide bonds. The number of hydrogen-bond acceptors (Lipinski definition) is 5. The van der Waals surface area contributed by atoms with Crippen LogP contribution in [0.1, 0.15) is 22.1 Å². The molecule has 0 fully saturated rings. The molecule has 0 aromatic heterocycles. The normalized spacial score (nSPS) is 15.7. The number of rotatable bonds is 6. The van der Waals surface area contributed by atoms with Gasteiger partial charge in [0.15, 0.2) is 11.5 Å². The van der Waals surface area contributed by atoms with Crippen molar-refractivity contribution in [2.75, 3.05) is 33.2 Å². The Morgan fingerprint density at radius 2 is 1.77 bits per heavy atom. The molecule has 136 valence electrons. The van der Waals surface area contributed by atoms with Crippen molar-refractivity contribution < 1.29 is 19.0 Å². The summed E-state index contributed by atoms with van der Waals surface area (Å²) < 4.78 is 16.3. The Balaban J connectivity index is 2.12. The zero-order valence-electron chi connectivity index (χ0n) is 15.1. The van der Waals surface area contributed by atoms with Crippen LogP contribution in [0.25, 0.3) is 0 Å². The van der Waals surface area contributed by atoms with Gasteiger partial charge in [-0.1, -0.05) is 18.2 Å². The van der Waals surface area contributed by atoms with Crippen LogP contribution < -0.4 is 19.5 Å². The number of ether oxygens (including phenoxy) is 3. The maximum absolute atomic E-state index is 13.0. The van der Waals surface area contributed by atoms with E-state index in [0.29, 0.717) is 29.4 Å². The zero-order chi connectivity index (χ0) is 18.7. The van der Waals surface area contributed by atoms with Gasteiger partial charge in [0.1, 0.15) is 6.17 Å². The van der Waals surface area contributed by atoms with Gasteiger partial charge in [0, 0.05) is 17.8 Å². The van der Waals surface area contributed by atoms with Crippen molar-refractivity contribution in [3.05, 3.63) is 60.2 Å². The van der Waals surface area contributed by atoms with E-state index in [-0.39, 0.29) is 12.1 Å². The van der Waals surface area contributed by atoms with Crippen molar-refractivity contribution in [2.45, 2.75) is 6.17 Å². The van der Waals surface area contributed by atoms with Gasteiger partial charge in [-0.3, -0.25) is 4.79 Å². The molecule has 6 heteroatoms. The van der Waals surface area contributed by atoms with Gasteiger partial charge in [-0.25, -0.2) is 0 Å². The number of fused-ring (bicyclic) bond motifs is 1. The first kappa shape index (κ1) is 17.7. The number of para-hydroxylation sites is 1. The molecule has 0 unspecified atom stereocenters. The molecule has 2 aromatic rings. The van der Waals surface area contributed by atoms with Crippen LogP contribution in [0, 0.1) is 0 Å². The van der Waals surface area contributed by atoms with Crippen LogP contribution in [-0.4, -0.2) is 38.7 Å². The van der Waals surface area contributed by atoms with Crippen LogP contribution in [0.15, 0.2) is 49.1 Å². The summed E-state index contributed by atoms with van der Waals surface area (Å²) in [5, 5.41) is 3.42. The molecule has 1 aliphatic heterocycles. The summed E-state index contributed by atoms with van der Waals surface area (Å²) >= 11 is 0. The van der Waals surface area contributed by atoms with Gasteiger partial charge >= 0.3 is 0 Å². The molecule has 0 radical (unpaired) electrons. The molecule has 0 spiro atoms. The summed E-state index contributed by atoms with van der Waals surface area (Å²) in [5.41, 5.74) is 2.25. The first-order valence-electron chi connectivity index (χ1n) is 8.22. The minimum Gasteiger partial charge on any atom is -0.493 e. The maximum atomic E-state index is 13.0. The molecule has 0 saturated heterocycles. The lowest BCUT2D eigenvalue weighted by Gasteiger charge is -2.37. The predicted octanol–water partition coefficient (Wildman–Crippen LogP) is 3.46. The van der Waals surface area contributed by atoms with E-state index >= 15 is 0 Å². The van der Waals surface area contributed by atoms with Crippen molar-refractivity contribution in [1.82, 2.24) is 4.90 Å². The van der Waals surface area contributed by atoms with Gasteiger partial charge in [0.2, 0.25) is 5.75 Å². The second kappa shape index (κ2) is 7.39. The van der Waals surface area contributed by atoms with Crippen LogP contribution in [0.5, 0.6) is 17.2 Å². The summed E-state index contributed by atoms with van der Waals surface area (Å²) in [7, 11) is 4.69. The molecule has 0 saturated carbocycles. The van der Waals surface area contributed by atoms with Gasteiger partial charge in [-0.15, -0.1) is 6.58 Å². The first-order chi connectivity index (χ1) is 12.6. The number of anilines is 1. The highest BCUT2D eigenvalue weighted by Gasteiger charge is 2.33. The highest BCUT2D eigenvalue weighted by atomic mass is 16.5. The lowest BCUT2D eigenvalue weighted by molar-refractivity contribution is 0.0707. The molecule has 1 aliphatic rings. The number of nitrogens with zero attached hydrogens (tertiary/aromatic N) is 1. The molecular formula is C20H22N2O4. The van der Waals surface area contributed by atoms with E-state index in [1.54, 1.807) is 32.3 Å². The summed E-state index contributed by atoms with van der Waals surface area (Å²) in [6.45, 7) is 4.18. The molecule has 1 atom stereocenters. The van der Waals surface area contributed by atoms with E-state index in [9.17, 15) is 4.79 Å². The molecule has 0 aliphatic carbocycles. The number of benzene rings is 2. The Kier molecular flexibility index (Phi) is 5.02. The van der Waals surface area contributed by atoms with Crippen molar-refractivity contribution in [3.63, 3.8) is 0 Å². The van der Waals surface area contributed by atoms with E-state index in [2.05, 4.69) is 11.9 Å². The third-order valence-electron chi connectivity index (χ3n) is 4.35. The molecular weight excluding hydrogens is 332 g/mol. The Bertz CT molecular complexity index is 809. The topological polar surface area (TPSA) is 60.0 Å². The highest BCUT2D eigenvalue weighted by molar-refractivity contribution is 6.01. The van der Waals surface area contributed by atoms with Crippen LogP contribution in [0.2, 0.25) is 0 Å². The standard InChI is InChI=1S/C20H22N2O4/c1-5-10-22-19(21-15-9-7-6-8-14(15)20(22)23)13-11-16(24-2)18(26-4)17(12-13)25-3/h5-9,11-12,19,21H,1,10H2,2-4H3/t19-/m1/s1. The quantitative estimate of drug-likeness (QED) is 0.805. The average Bonchev–Trinajstić information content (AvgIpc) is 2.68. The Hall–Kier alpha value is -3.15. The van der Waals surface area contributed by atoms with E-state index in [0.717, 1.165) is 11.3 Å². The number of carbonyl (C=O) groups is 1. The average molecular weight is 354 g/mol. The molecule has 0 bridgehead atoms.